The van der Waals surface area contributed by atoms with Crippen molar-refractivity contribution in [2.45, 2.75) is 11.8 Å². The minimum absolute atomic E-state index is 0.129. The van der Waals surface area contributed by atoms with Crippen LogP contribution < -0.4 is 0 Å². The van der Waals surface area contributed by atoms with Crippen LogP contribution in [0.1, 0.15) is 16.5 Å². The predicted octanol–water partition coefficient (Wildman–Crippen LogP) is 6.12. The number of hydrogen-bond donors (Lipinski definition) is 0. The topological polar surface area (TPSA) is 0 Å². The van der Waals surface area contributed by atoms with E-state index in [4.69, 9.17) is 34.8 Å². The Kier molecular flexibility index (Phi) is 5.19. The van der Waals surface area contributed by atoms with Gasteiger partial charge in [-0.25, -0.2) is 0 Å². The molecule has 0 bridgehead atoms. The molecule has 0 aliphatic carbocycles. The van der Waals surface area contributed by atoms with Crippen LogP contribution in [0.3, 0.4) is 0 Å². The van der Waals surface area contributed by atoms with E-state index in [1.165, 1.54) is 0 Å². The van der Waals surface area contributed by atoms with Crippen LogP contribution in [0.15, 0.2) is 42.5 Å². The number of alkyl halides is 1. The van der Waals surface area contributed by atoms with Crippen LogP contribution in [0.4, 0.5) is 0 Å². The lowest BCUT2D eigenvalue weighted by atomic mass is 10.0. The van der Waals surface area contributed by atoms with E-state index < -0.39 is 0 Å². The van der Waals surface area contributed by atoms with Gasteiger partial charge in [0, 0.05) is 13.6 Å². The predicted molar refractivity (Wildman–Crippen MR) is 87.9 cm³/mol. The van der Waals surface area contributed by atoms with Gasteiger partial charge >= 0.3 is 0 Å². The van der Waals surface area contributed by atoms with Gasteiger partial charge in [0.25, 0.3) is 0 Å². The fourth-order valence-electron chi connectivity index (χ4n) is 1.72. The van der Waals surface area contributed by atoms with Gasteiger partial charge in [-0.3, -0.25) is 0 Å². The van der Waals surface area contributed by atoms with Crippen LogP contribution in [0, 0.1) is 3.57 Å². The van der Waals surface area contributed by atoms with Crippen molar-refractivity contribution in [2.24, 2.45) is 0 Å². The quantitative estimate of drug-likeness (QED) is 0.422. The summed E-state index contributed by atoms with van der Waals surface area (Å²) in [6.45, 7) is 0. The molecule has 0 saturated carbocycles. The van der Waals surface area contributed by atoms with Crippen LogP contribution >= 0.6 is 57.4 Å². The maximum Gasteiger partial charge on any atom is 0.0636 e. The molecule has 2 aromatic rings. The van der Waals surface area contributed by atoms with E-state index in [0.717, 1.165) is 19.7 Å². The van der Waals surface area contributed by atoms with Gasteiger partial charge in [-0.15, -0.1) is 11.6 Å². The normalized spacial score (nSPS) is 12.4. The molecule has 0 radical (unpaired) electrons. The maximum atomic E-state index is 6.47. The molecule has 0 aliphatic rings. The Labute approximate surface area is 135 Å². The largest absolute Gasteiger partial charge is 0.117 e. The second-order valence-electron chi connectivity index (χ2n) is 3.93. The Hall–Kier alpha value is 0.0400. The Morgan fingerprint density at radius 1 is 1.06 bits per heavy atom. The van der Waals surface area contributed by atoms with Gasteiger partial charge in [0.05, 0.1) is 5.38 Å². The molecule has 0 aromatic heterocycles. The fraction of sp³-hybridized carbons (Fsp3) is 0.143. The zero-order valence-electron chi connectivity index (χ0n) is 9.34. The number of hydrogen-bond acceptors (Lipinski definition) is 0. The van der Waals surface area contributed by atoms with Crippen LogP contribution in [0.25, 0.3) is 0 Å². The summed E-state index contributed by atoms with van der Waals surface area (Å²) < 4.78 is 1.11. The van der Waals surface area contributed by atoms with Crippen LogP contribution in [0.2, 0.25) is 10.0 Å². The van der Waals surface area contributed by atoms with Gasteiger partial charge in [0.2, 0.25) is 0 Å². The first-order valence-electron chi connectivity index (χ1n) is 5.40. The Morgan fingerprint density at radius 2 is 1.78 bits per heavy atom. The van der Waals surface area contributed by atoms with Crippen LogP contribution in [-0.2, 0) is 6.42 Å². The monoisotopic (exact) mass is 410 g/mol. The summed E-state index contributed by atoms with van der Waals surface area (Å²) in [5.74, 6) is 0. The Balaban J connectivity index is 2.25. The van der Waals surface area contributed by atoms with Gasteiger partial charge < -0.3 is 0 Å². The molecular formula is C14H10Cl3I. The first kappa shape index (κ1) is 14.4. The number of rotatable bonds is 3. The third kappa shape index (κ3) is 3.53. The standard InChI is InChI=1S/C14H10Cl3I/c15-10-5-6-14(18)11(8-10)13(17)7-9-3-1-2-4-12(9)16/h1-6,8,13H,7H2. The molecule has 94 valence electrons. The van der Waals surface area contributed by atoms with Crippen molar-refractivity contribution in [3.05, 3.63) is 67.2 Å². The average molecular weight is 411 g/mol. The summed E-state index contributed by atoms with van der Waals surface area (Å²) in [6.07, 6.45) is 0.692. The van der Waals surface area contributed by atoms with Crippen molar-refractivity contribution in [3.8, 4) is 0 Å². The van der Waals surface area contributed by atoms with Crippen molar-refractivity contribution < 1.29 is 0 Å². The average Bonchev–Trinajstić information content (AvgIpc) is 2.35. The Morgan fingerprint density at radius 3 is 2.50 bits per heavy atom. The summed E-state index contributed by atoms with van der Waals surface area (Å²) in [7, 11) is 0. The molecule has 1 atom stereocenters. The molecule has 0 saturated heterocycles. The highest BCUT2D eigenvalue weighted by Crippen LogP contribution is 2.32. The molecule has 2 aromatic carbocycles. The van der Waals surface area contributed by atoms with E-state index in [1.807, 2.05) is 42.5 Å². The zero-order valence-corrected chi connectivity index (χ0v) is 13.8. The molecule has 0 N–H and O–H groups in total. The number of halogens is 4. The molecule has 4 heteroatoms. The first-order chi connectivity index (χ1) is 8.58. The summed E-state index contributed by atoms with van der Waals surface area (Å²) >= 11 is 20.9. The van der Waals surface area contributed by atoms with Gasteiger partial charge in [-0.1, -0.05) is 41.4 Å². The van der Waals surface area contributed by atoms with Crippen molar-refractivity contribution in [3.63, 3.8) is 0 Å². The van der Waals surface area contributed by atoms with Crippen LogP contribution in [0.5, 0.6) is 0 Å². The first-order valence-corrected chi connectivity index (χ1v) is 7.67. The zero-order chi connectivity index (χ0) is 13.1. The third-order valence-corrected chi connectivity index (χ3v) is 4.63. The highest BCUT2D eigenvalue weighted by molar-refractivity contribution is 14.1. The highest BCUT2D eigenvalue weighted by atomic mass is 127. The molecule has 1 unspecified atom stereocenters. The van der Waals surface area contributed by atoms with E-state index in [0.29, 0.717) is 11.4 Å². The summed E-state index contributed by atoms with van der Waals surface area (Å²) in [5, 5.41) is 1.32. The van der Waals surface area contributed by atoms with Gasteiger partial charge in [-0.05, 0) is 64.4 Å². The summed E-state index contributed by atoms with van der Waals surface area (Å²) in [5.41, 5.74) is 2.10. The third-order valence-electron chi connectivity index (χ3n) is 2.65. The highest BCUT2D eigenvalue weighted by Gasteiger charge is 2.14. The van der Waals surface area contributed by atoms with Gasteiger partial charge in [0.15, 0.2) is 0 Å². The van der Waals surface area contributed by atoms with Crippen molar-refractivity contribution in [1.82, 2.24) is 0 Å². The summed E-state index contributed by atoms with van der Waals surface area (Å²) in [6, 6.07) is 13.5. The second-order valence-corrected chi connectivity index (χ2v) is 6.46. The molecule has 0 amide bonds. The van der Waals surface area contributed by atoms with Crippen molar-refractivity contribution >= 4 is 57.4 Å². The molecule has 0 spiro atoms. The van der Waals surface area contributed by atoms with E-state index in [9.17, 15) is 0 Å². The molecule has 0 heterocycles. The minimum atomic E-state index is -0.129. The molecule has 0 nitrogen and oxygen atoms in total. The second kappa shape index (κ2) is 6.47. The van der Waals surface area contributed by atoms with Gasteiger partial charge in [0.1, 0.15) is 0 Å². The lowest BCUT2D eigenvalue weighted by Gasteiger charge is -2.13. The van der Waals surface area contributed by atoms with Crippen molar-refractivity contribution in [2.75, 3.05) is 0 Å². The molecule has 0 aliphatic heterocycles. The van der Waals surface area contributed by atoms with E-state index in [1.54, 1.807) is 0 Å². The molecular weight excluding hydrogens is 401 g/mol. The van der Waals surface area contributed by atoms with Crippen LogP contribution in [-0.4, -0.2) is 0 Å². The lowest BCUT2D eigenvalue weighted by Crippen LogP contribution is -1.99. The molecule has 0 fully saturated rings. The maximum absolute atomic E-state index is 6.47. The lowest BCUT2D eigenvalue weighted by molar-refractivity contribution is 0.914. The Bertz CT molecular complexity index is 554. The fourth-order valence-corrected chi connectivity index (χ4v) is 3.36. The van der Waals surface area contributed by atoms with E-state index >= 15 is 0 Å². The van der Waals surface area contributed by atoms with Gasteiger partial charge in [-0.2, -0.15) is 0 Å². The summed E-state index contributed by atoms with van der Waals surface area (Å²) in [4.78, 5) is 0. The molecule has 18 heavy (non-hydrogen) atoms. The van der Waals surface area contributed by atoms with Crippen molar-refractivity contribution in [1.29, 1.82) is 0 Å². The minimum Gasteiger partial charge on any atom is -0.117 e. The van der Waals surface area contributed by atoms with E-state index in [-0.39, 0.29) is 5.38 Å². The SMILES string of the molecule is Clc1ccc(I)c(C(Cl)Cc2ccccc2Cl)c1. The molecule has 2 rings (SSSR count). The van der Waals surface area contributed by atoms with E-state index in [2.05, 4.69) is 22.6 Å². The number of benzene rings is 2. The smallest absolute Gasteiger partial charge is 0.0636 e.